The first-order valence-corrected chi connectivity index (χ1v) is 8.41. The second kappa shape index (κ2) is 5.78. The minimum atomic E-state index is -0.0451. The lowest BCUT2D eigenvalue weighted by Crippen LogP contribution is -2.26. The van der Waals surface area contributed by atoms with E-state index in [0.717, 1.165) is 47.6 Å². The monoisotopic (exact) mass is 323 g/mol. The zero-order valence-electron chi connectivity index (χ0n) is 14.0. The number of nitrogens with zero attached hydrogens (tertiary/aromatic N) is 3. The number of hydrogen-bond donors (Lipinski definition) is 2. The molecule has 1 aliphatic rings. The van der Waals surface area contributed by atoms with Gasteiger partial charge in [0.2, 0.25) is 0 Å². The highest BCUT2D eigenvalue weighted by Crippen LogP contribution is 2.22. The van der Waals surface area contributed by atoms with Gasteiger partial charge in [0, 0.05) is 48.1 Å². The van der Waals surface area contributed by atoms with Crippen LogP contribution in [0, 0.1) is 13.8 Å². The van der Waals surface area contributed by atoms with Gasteiger partial charge in [0.25, 0.3) is 5.91 Å². The predicted molar refractivity (Wildman–Crippen MR) is 92.2 cm³/mol. The summed E-state index contributed by atoms with van der Waals surface area (Å²) in [7, 11) is 0. The van der Waals surface area contributed by atoms with Crippen molar-refractivity contribution in [1.82, 2.24) is 25.1 Å². The first-order chi connectivity index (χ1) is 11.6. The van der Waals surface area contributed by atoms with Crippen molar-refractivity contribution >= 4 is 16.8 Å². The third kappa shape index (κ3) is 2.48. The zero-order chi connectivity index (χ0) is 16.7. The van der Waals surface area contributed by atoms with Crippen molar-refractivity contribution in [3.63, 3.8) is 0 Å². The standard InChI is InChI=1S/C18H21N5O/c1-11-12(2)20-15-6-5-13(10-14(11)15)18(24)19-8-7-17-22-21-16-4-3-9-23(16)17/h5-6,10,20H,3-4,7-9H2,1-2H3,(H,19,24). The lowest BCUT2D eigenvalue weighted by Gasteiger charge is -2.06. The molecule has 6 nitrogen and oxygen atoms in total. The van der Waals surface area contributed by atoms with E-state index in [9.17, 15) is 4.79 Å². The maximum Gasteiger partial charge on any atom is 0.251 e. The summed E-state index contributed by atoms with van der Waals surface area (Å²) in [6, 6.07) is 5.79. The van der Waals surface area contributed by atoms with Gasteiger partial charge in [-0.1, -0.05) is 0 Å². The van der Waals surface area contributed by atoms with Crippen molar-refractivity contribution in [3.05, 3.63) is 46.7 Å². The number of aryl methyl sites for hydroxylation is 3. The van der Waals surface area contributed by atoms with Crippen LogP contribution in [0.2, 0.25) is 0 Å². The van der Waals surface area contributed by atoms with E-state index in [-0.39, 0.29) is 5.91 Å². The van der Waals surface area contributed by atoms with Gasteiger partial charge < -0.3 is 14.9 Å². The molecule has 0 aliphatic carbocycles. The van der Waals surface area contributed by atoms with Gasteiger partial charge in [-0.15, -0.1) is 10.2 Å². The number of aromatic nitrogens is 4. The number of fused-ring (bicyclic) bond motifs is 2. The third-order valence-electron chi connectivity index (χ3n) is 4.89. The van der Waals surface area contributed by atoms with Crippen LogP contribution >= 0.6 is 0 Å². The molecule has 0 saturated carbocycles. The number of aromatic amines is 1. The lowest BCUT2D eigenvalue weighted by molar-refractivity contribution is 0.0954. The van der Waals surface area contributed by atoms with E-state index in [1.54, 1.807) is 0 Å². The van der Waals surface area contributed by atoms with Gasteiger partial charge in [-0.05, 0) is 44.0 Å². The quantitative estimate of drug-likeness (QED) is 0.773. The normalized spacial score (nSPS) is 13.4. The summed E-state index contributed by atoms with van der Waals surface area (Å²) in [5.41, 5.74) is 4.10. The molecule has 4 rings (SSSR count). The van der Waals surface area contributed by atoms with Crippen molar-refractivity contribution in [2.24, 2.45) is 0 Å². The summed E-state index contributed by atoms with van der Waals surface area (Å²) in [6.07, 6.45) is 2.86. The molecule has 2 aromatic heterocycles. The molecule has 124 valence electrons. The lowest BCUT2D eigenvalue weighted by atomic mass is 10.1. The van der Waals surface area contributed by atoms with Gasteiger partial charge in [-0.3, -0.25) is 4.79 Å². The Morgan fingerprint density at radius 1 is 1.33 bits per heavy atom. The summed E-state index contributed by atoms with van der Waals surface area (Å²) in [5.74, 6) is 1.99. The molecule has 1 aromatic carbocycles. The van der Waals surface area contributed by atoms with Crippen LogP contribution in [-0.4, -0.2) is 32.2 Å². The Morgan fingerprint density at radius 2 is 2.21 bits per heavy atom. The van der Waals surface area contributed by atoms with Crippen LogP contribution in [-0.2, 0) is 19.4 Å². The number of H-pyrrole nitrogens is 1. The highest BCUT2D eigenvalue weighted by molar-refractivity contribution is 5.99. The van der Waals surface area contributed by atoms with E-state index in [0.29, 0.717) is 18.5 Å². The van der Waals surface area contributed by atoms with E-state index in [1.807, 2.05) is 25.1 Å². The summed E-state index contributed by atoms with van der Waals surface area (Å²) >= 11 is 0. The second-order valence-electron chi connectivity index (χ2n) is 6.43. The predicted octanol–water partition coefficient (Wildman–Crippen LogP) is 2.29. The first-order valence-electron chi connectivity index (χ1n) is 8.41. The fourth-order valence-corrected chi connectivity index (χ4v) is 3.39. The number of nitrogens with one attached hydrogen (secondary N) is 2. The van der Waals surface area contributed by atoms with Gasteiger partial charge in [-0.25, -0.2) is 0 Å². The first kappa shape index (κ1) is 14.9. The number of hydrogen-bond acceptors (Lipinski definition) is 3. The maximum absolute atomic E-state index is 12.4. The molecule has 1 aliphatic heterocycles. The SMILES string of the molecule is Cc1[nH]c2ccc(C(=O)NCCc3nnc4n3CCC4)cc2c1C. The van der Waals surface area contributed by atoms with E-state index < -0.39 is 0 Å². The summed E-state index contributed by atoms with van der Waals surface area (Å²) < 4.78 is 2.17. The Bertz CT molecular complexity index is 921. The van der Waals surface area contributed by atoms with Crippen molar-refractivity contribution < 1.29 is 4.79 Å². The molecule has 3 heterocycles. The molecule has 0 bridgehead atoms. The molecule has 3 aromatic rings. The second-order valence-corrected chi connectivity index (χ2v) is 6.43. The summed E-state index contributed by atoms with van der Waals surface area (Å²) in [4.78, 5) is 15.7. The number of rotatable bonds is 4. The minimum absolute atomic E-state index is 0.0451. The molecule has 24 heavy (non-hydrogen) atoms. The highest BCUT2D eigenvalue weighted by atomic mass is 16.1. The molecule has 0 radical (unpaired) electrons. The summed E-state index contributed by atoms with van der Waals surface area (Å²) in [6.45, 7) is 5.68. The van der Waals surface area contributed by atoms with Crippen LogP contribution in [0.3, 0.4) is 0 Å². The number of carbonyl (C=O) groups excluding carboxylic acids is 1. The van der Waals surface area contributed by atoms with Crippen LogP contribution in [0.15, 0.2) is 18.2 Å². The Balaban J connectivity index is 1.43. The van der Waals surface area contributed by atoms with Crippen molar-refractivity contribution in [2.75, 3.05) is 6.54 Å². The van der Waals surface area contributed by atoms with Gasteiger partial charge >= 0.3 is 0 Å². The number of amides is 1. The Kier molecular flexibility index (Phi) is 3.59. The smallest absolute Gasteiger partial charge is 0.251 e. The van der Waals surface area contributed by atoms with E-state index in [2.05, 4.69) is 32.0 Å². The van der Waals surface area contributed by atoms with E-state index in [4.69, 9.17) is 0 Å². The van der Waals surface area contributed by atoms with Gasteiger partial charge in [0.1, 0.15) is 11.6 Å². The molecule has 0 fully saturated rings. The summed E-state index contributed by atoms with van der Waals surface area (Å²) in [5, 5.41) is 12.5. The zero-order valence-corrected chi connectivity index (χ0v) is 14.0. The van der Waals surface area contributed by atoms with Gasteiger partial charge in [-0.2, -0.15) is 0 Å². The fraction of sp³-hybridized carbons (Fsp3) is 0.389. The van der Waals surface area contributed by atoms with Crippen LogP contribution < -0.4 is 5.32 Å². The van der Waals surface area contributed by atoms with E-state index >= 15 is 0 Å². The Morgan fingerprint density at radius 3 is 3.08 bits per heavy atom. The molecule has 0 atom stereocenters. The average Bonchev–Trinajstić information content (AvgIpc) is 3.25. The largest absolute Gasteiger partial charge is 0.358 e. The average molecular weight is 323 g/mol. The van der Waals surface area contributed by atoms with Crippen molar-refractivity contribution in [1.29, 1.82) is 0 Å². The minimum Gasteiger partial charge on any atom is -0.358 e. The van der Waals surface area contributed by atoms with Gasteiger partial charge in [0.05, 0.1) is 0 Å². The third-order valence-corrected chi connectivity index (χ3v) is 4.89. The molecule has 2 N–H and O–H groups in total. The molecule has 0 spiro atoms. The molecule has 0 unspecified atom stereocenters. The fourth-order valence-electron chi connectivity index (χ4n) is 3.39. The molecular formula is C18H21N5O. The van der Waals surface area contributed by atoms with Gasteiger partial charge in [0.15, 0.2) is 0 Å². The van der Waals surface area contributed by atoms with Crippen LogP contribution in [0.4, 0.5) is 0 Å². The number of benzene rings is 1. The molecule has 0 saturated heterocycles. The van der Waals surface area contributed by atoms with Crippen molar-refractivity contribution in [3.8, 4) is 0 Å². The van der Waals surface area contributed by atoms with Crippen molar-refractivity contribution in [2.45, 2.75) is 39.7 Å². The number of carbonyl (C=O) groups is 1. The van der Waals surface area contributed by atoms with E-state index in [1.165, 1.54) is 5.56 Å². The molecular weight excluding hydrogens is 302 g/mol. The Hall–Kier alpha value is -2.63. The van der Waals surface area contributed by atoms with Crippen LogP contribution in [0.25, 0.3) is 10.9 Å². The van der Waals surface area contributed by atoms with Crippen LogP contribution in [0.5, 0.6) is 0 Å². The maximum atomic E-state index is 12.4. The topological polar surface area (TPSA) is 75.6 Å². The molecule has 6 heteroatoms. The Labute approximate surface area is 140 Å². The molecule has 1 amide bonds. The highest BCUT2D eigenvalue weighted by Gasteiger charge is 2.17. The van der Waals surface area contributed by atoms with Crippen LogP contribution in [0.1, 0.15) is 39.7 Å².